The van der Waals surface area contributed by atoms with Crippen LogP contribution < -0.4 is 5.32 Å². The predicted molar refractivity (Wildman–Crippen MR) is 141 cm³/mol. The molecule has 4 N–H and O–H groups in total. The molecule has 1 saturated heterocycles. The molecule has 1 aliphatic heterocycles. The summed E-state index contributed by atoms with van der Waals surface area (Å²) in [5.41, 5.74) is 3.26. The third-order valence-corrected chi connectivity index (χ3v) is 7.16. The maximum absolute atomic E-state index is 12.4. The number of aliphatic hydroxyl groups excluding tert-OH is 1. The Labute approximate surface area is 225 Å². The van der Waals surface area contributed by atoms with E-state index in [-0.39, 0.29) is 31.1 Å². The number of unbranched alkanes of at least 4 members (excludes halogenated alkanes) is 2. The van der Waals surface area contributed by atoms with Crippen molar-refractivity contribution in [2.45, 2.75) is 68.8 Å². The molecule has 3 aromatic rings. The highest BCUT2D eigenvalue weighted by Crippen LogP contribution is 2.39. The number of hydrogen-bond donors (Lipinski definition) is 4. The van der Waals surface area contributed by atoms with Gasteiger partial charge in [0.1, 0.15) is 6.33 Å². The van der Waals surface area contributed by atoms with Gasteiger partial charge in [-0.1, -0.05) is 54.6 Å². The van der Waals surface area contributed by atoms with Crippen LogP contribution in [0.1, 0.15) is 67.6 Å². The van der Waals surface area contributed by atoms with Crippen LogP contribution in [-0.2, 0) is 25.7 Å². The average Bonchev–Trinajstić information content (AvgIpc) is 3.45. The van der Waals surface area contributed by atoms with Gasteiger partial charge >= 0.3 is 5.97 Å². The number of aromatic nitrogens is 3. The Balaban J connectivity index is 1.41. The SMILES string of the molecule is O=C(O)CCCCCC(=O)Nc1cccc(C2OC(CSc3ncn[nH]3)CC(c3ccc(CO)cc3)O2)c1. The second-order valence-electron chi connectivity index (χ2n) is 9.08. The summed E-state index contributed by atoms with van der Waals surface area (Å²) in [5, 5.41) is 28.5. The summed E-state index contributed by atoms with van der Waals surface area (Å²) < 4.78 is 12.7. The van der Waals surface area contributed by atoms with Crippen LogP contribution in [0.4, 0.5) is 5.69 Å². The van der Waals surface area contributed by atoms with Crippen LogP contribution in [0, 0.1) is 0 Å². The summed E-state index contributed by atoms with van der Waals surface area (Å²) in [5.74, 6) is -0.286. The molecule has 4 rings (SSSR count). The predicted octanol–water partition coefficient (Wildman–Crippen LogP) is 4.61. The number of carbonyl (C=O) groups is 2. The molecule has 0 spiro atoms. The van der Waals surface area contributed by atoms with Crippen LogP contribution in [0.2, 0.25) is 0 Å². The van der Waals surface area contributed by atoms with E-state index in [2.05, 4.69) is 20.5 Å². The summed E-state index contributed by atoms with van der Waals surface area (Å²) in [6, 6.07) is 15.1. The lowest BCUT2D eigenvalue weighted by molar-refractivity contribution is -0.245. The monoisotopic (exact) mass is 540 g/mol. The van der Waals surface area contributed by atoms with Gasteiger partial charge in [0.25, 0.3) is 0 Å². The minimum atomic E-state index is -0.818. The zero-order valence-corrected chi connectivity index (χ0v) is 21.7. The Morgan fingerprint density at radius 3 is 2.61 bits per heavy atom. The van der Waals surface area contributed by atoms with Crippen molar-refractivity contribution in [2.24, 2.45) is 0 Å². The van der Waals surface area contributed by atoms with Crippen LogP contribution in [0.15, 0.2) is 60.0 Å². The molecule has 1 amide bonds. The van der Waals surface area contributed by atoms with Gasteiger partial charge in [0.05, 0.1) is 18.8 Å². The molecular weight excluding hydrogens is 508 g/mol. The number of anilines is 1. The van der Waals surface area contributed by atoms with Gasteiger partial charge < -0.3 is 25.0 Å². The molecule has 2 aromatic carbocycles. The summed E-state index contributed by atoms with van der Waals surface area (Å²) in [7, 11) is 0. The van der Waals surface area contributed by atoms with Gasteiger partial charge in [0.2, 0.25) is 5.91 Å². The summed E-state index contributed by atoms with van der Waals surface area (Å²) in [6.07, 6.45) is 3.47. The number of carboxylic acids is 1. The number of thioether (sulfide) groups is 1. The highest BCUT2D eigenvalue weighted by Gasteiger charge is 2.32. The molecule has 0 saturated carbocycles. The van der Waals surface area contributed by atoms with Gasteiger partial charge in [-0.05, 0) is 36.1 Å². The first-order chi connectivity index (χ1) is 18.5. The number of hydrogen-bond acceptors (Lipinski definition) is 8. The number of rotatable bonds is 13. The zero-order chi connectivity index (χ0) is 26.7. The van der Waals surface area contributed by atoms with E-state index in [1.807, 2.05) is 48.5 Å². The fourth-order valence-electron chi connectivity index (χ4n) is 4.18. The lowest BCUT2D eigenvalue weighted by atomic mass is 10.0. The number of carboxylic acid groups (broad SMARTS) is 1. The highest BCUT2D eigenvalue weighted by molar-refractivity contribution is 7.99. The summed E-state index contributed by atoms with van der Waals surface area (Å²) in [4.78, 5) is 27.2. The molecule has 11 heteroatoms. The first-order valence-corrected chi connectivity index (χ1v) is 13.6. The van der Waals surface area contributed by atoms with Crippen molar-refractivity contribution in [1.82, 2.24) is 15.2 Å². The quantitative estimate of drug-likeness (QED) is 0.180. The van der Waals surface area contributed by atoms with Crippen LogP contribution in [0.25, 0.3) is 0 Å². The third-order valence-electron chi connectivity index (χ3n) is 6.15. The topological polar surface area (TPSA) is 147 Å². The zero-order valence-electron chi connectivity index (χ0n) is 20.9. The highest BCUT2D eigenvalue weighted by atomic mass is 32.2. The van der Waals surface area contributed by atoms with E-state index in [9.17, 15) is 14.7 Å². The van der Waals surface area contributed by atoms with Crippen molar-refractivity contribution < 1.29 is 29.3 Å². The number of ether oxygens (including phenoxy) is 2. The maximum atomic E-state index is 12.4. The normalized spacial score (nSPS) is 19.2. The standard InChI is InChI=1S/C27H32N4O6S/c32-15-18-9-11-19(12-10-18)23-14-22(16-38-27-28-17-29-31-27)36-26(37-23)20-5-4-6-21(13-20)30-24(33)7-2-1-3-8-25(34)35/h4-6,9-13,17,22-23,26,32H,1-3,7-8,14-16H2,(H,30,33)(H,34,35)(H,28,29,31). The maximum Gasteiger partial charge on any atom is 0.303 e. The molecule has 0 radical (unpaired) electrons. The molecule has 3 unspecified atom stereocenters. The van der Waals surface area contributed by atoms with Crippen LogP contribution >= 0.6 is 11.8 Å². The van der Waals surface area contributed by atoms with Gasteiger partial charge in [-0.3, -0.25) is 14.7 Å². The van der Waals surface area contributed by atoms with E-state index in [0.29, 0.717) is 48.7 Å². The fraction of sp³-hybridized carbons (Fsp3) is 0.407. The fourth-order valence-corrected chi connectivity index (χ4v) is 4.98. The molecule has 202 valence electrons. The molecule has 1 aromatic heterocycles. The molecule has 0 aliphatic carbocycles. The van der Waals surface area contributed by atoms with E-state index < -0.39 is 12.3 Å². The van der Waals surface area contributed by atoms with E-state index in [4.69, 9.17) is 14.6 Å². The van der Waals surface area contributed by atoms with Crippen molar-refractivity contribution in [1.29, 1.82) is 0 Å². The number of nitrogens with zero attached hydrogens (tertiary/aromatic N) is 2. The number of H-pyrrole nitrogens is 1. The molecule has 3 atom stereocenters. The molecule has 1 fully saturated rings. The molecule has 10 nitrogen and oxygen atoms in total. The van der Waals surface area contributed by atoms with Gasteiger partial charge in [-0.2, -0.15) is 5.10 Å². The van der Waals surface area contributed by atoms with Crippen molar-refractivity contribution in [3.63, 3.8) is 0 Å². The Kier molecular flexibility index (Phi) is 10.3. The van der Waals surface area contributed by atoms with Gasteiger partial charge in [-0.15, -0.1) is 0 Å². The Bertz CT molecular complexity index is 1170. The third kappa shape index (κ3) is 8.38. The van der Waals surface area contributed by atoms with E-state index in [0.717, 1.165) is 16.7 Å². The Morgan fingerprint density at radius 1 is 1.05 bits per heavy atom. The van der Waals surface area contributed by atoms with Crippen molar-refractivity contribution in [3.8, 4) is 0 Å². The number of carbonyl (C=O) groups excluding carboxylic acids is 1. The van der Waals surface area contributed by atoms with Crippen molar-refractivity contribution >= 4 is 29.3 Å². The first-order valence-electron chi connectivity index (χ1n) is 12.6. The molecule has 1 aliphatic rings. The summed E-state index contributed by atoms with van der Waals surface area (Å²) >= 11 is 1.53. The lowest BCUT2D eigenvalue weighted by Crippen LogP contribution is -2.31. The van der Waals surface area contributed by atoms with Gasteiger partial charge in [-0.25, -0.2) is 4.98 Å². The van der Waals surface area contributed by atoms with Gasteiger partial charge in [0, 0.05) is 36.3 Å². The smallest absolute Gasteiger partial charge is 0.303 e. The molecule has 2 heterocycles. The number of aliphatic carboxylic acids is 1. The second-order valence-corrected chi connectivity index (χ2v) is 10.1. The largest absolute Gasteiger partial charge is 0.481 e. The van der Waals surface area contributed by atoms with E-state index in [1.165, 1.54) is 18.1 Å². The number of aliphatic hydroxyl groups is 1. The number of benzene rings is 2. The molecule has 38 heavy (non-hydrogen) atoms. The van der Waals surface area contributed by atoms with E-state index >= 15 is 0 Å². The lowest BCUT2D eigenvalue weighted by Gasteiger charge is -2.36. The number of nitrogens with one attached hydrogen (secondary N) is 2. The minimum Gasteiger partial charge on any atom is -0.481 e. The van der Waals surface area contributed by atoms with Crippen LogP contribution in [0.5, 0.6) is 0 Å². The molecule has 0 bridgehead atoms. The number of aromatic amines is 1. The second kappa shape index (κ2) is 14.1. The minimum absolute atomic E-state index is 0.0190. The van der Waals surface area contributed by atoms with E-state index in [1.54, 1.807) is 0 Å². The first kappa shape index (κ1) is 27.8. The average molecular weight is 541 g/mol. The van der Waals surface area contributed by atoms with Crippen molar-refractivity contribution in [3.05, 3.63) is 71.5 Å². The Morgan fingerprint density at radius 2 is 1.87 bits per heavy atom. The van der Waals surface area contributed by atoms with Crippen molar-refractivity contribution in [2.75, 3.05) is 11.1 Å². The summed E-state index contributed by atoms with van der Waals surface area (Å²) in [6.45, 7) is -0.0190. The van der Waals surface area contributed by atoms with Crippen LogP contribution in [0.3, 0.4) is 0 Å². The molecular formula is C27H32N4O6S. The number of amides is 1. The van der Waals surface area contributed by atoms with Gasteiger partial charge in [0.15, 0.2) is 11.4 Å². The Hall–Kier alpha value is -3.25. The van der Waals surface area contributed by atoms with Crippen LogP contribution in [-0.4, -0.2) is 49.1 Å².